The largest absolute Gasteiger partial charge is 0.481 e. The molecule has 0 amide bonds. The number of hydrogen-bond donors (Lipinski definition) is 1. The van der Waals surface area contributed by atoms with E-state index in [2.05, 4.69) is 20.8 Å². The second kappa shape index (κ2) is 2.74. The third-order valence-electron chi connectivity index (χ3n) is 5.40. The summed E-state index contributed by atoms with van der Waals surface area (Å²) in [5.74, 6) is 0.546. The van der Waals surface area contributed by atoms with Crippen LogP contribution in [0, 0.1) is 22.7 Å². The van der Waals surface area contributed by atoms with Gasteiger partial charge in [0.2, 0.25) is 0 Å². The first-order valence-electron chi connectivity index (χ1n) is 5.60. The normalized spacial score (nSPS) is 44.2. The Morgan fingerprint density at radius 1 is 1.43 bits per heavy atom. The fraction of sp³-hybridized carbons (Fsp3) is 0.917. The van der Waals surface area contributed by atoms with Crippen LogP contribution in [0.5, 0.6) is 0 Å². The number of carbonyl (C=O) groups is 1. The van der Waals surface area contributed by atoms with Gasteiger partial charge < -0.3 is 5.11 Å². The van der Waals surface area contributed by atoms with E-state index in [1.54, 1.807) is 0 Å². The maximum Gasteiger partial charge on any atom is 0.303 e. The average molecular weight is 196 g/mol. The standard InChI is InChI=1S/C12H20O2/c1-11(2)8-4-5-12(11,3)9(6-8)7-10(13)14/h8-9H,4-7H2,1-3H3,(H,13,14)/t8-,9+,12+/m1/s1. The first-order valence-corrected chi connectivity index (χ1v) is 5.60. The molecular formula is C12H20O2. The number of carboxylic acids is 1. The molecule has 3 atom stereocenters. The van der Waals surface area contributed by atoms with Gasteiger partial charge in [-0.15, -0.1) is 0 Å². The Kier molecular flexibility index (Phi) is 1.96. The highest BCUT2D eigenvalue weighted by atomic mass is 16.4. The van der Waals surface area contributed by atoms with Gasteiger partial charge in [0, 0.05) is 6.42 Å². The van der Waals surface area contributed by atoms with Crippen LogP contribution in [0.1, 0.15) is 46.5 Å². The number of hydrogen-bond acceptors (Lipinski definition) is 1. The predicted molar refractivity (Wildman–Crippen MR) is 55.0 cm³/mol. The molecule has 2 fully saturated rings. The number of carboxylic acid groups (broad SMARTS) is 1. The zero-order chi connectivity index (χ0) is 10.6. The Hall–Kier alpha value is -0.530. The Morgan fingerprint density at radius 3 is 2.43 bits per heavy atom. The second-order valence-electron chi connectivity index (χ2n) is 5.91. The quantitative estimate of drug-likeness (QED) is 0.737. The summed E-state index contributed by atoms with van der Waals surface area (Å²) in [7, 11) is 0. The van der Waals surface area contributed by atoms with E-state index in [1.807, 2.05) is 0 Å². The van der Waals surface area contributed by atoms with Gasteiger partial charge in [-0.1, -0.05) is 20.8 Å². The lowest BCUT2D eigenvalue weighted by Gasteiger charge is -2.38. The SMILES string of the molecule is CC1(C)[C@@H]2CC[C@@]1(C)[C@H](CC(=O)O)C2. The van der Waals surface area contributed by atoms with Crippen LogP contribution in [0.4, 0.5) is 0 Å². The van der Waals surface area contributed by atoms with E-state index < -0.39 is 5.97 Å². The maximum atomic E-state index is 10.8. The first kappa shape index (κ1) is 10.0. The summed E-state index contributed by atoms with van der Waals surface area (Å²) in [5.41, 5.74) is 0.628. The highest BCUT2D eigenvalue weighted by Crippen LogP contribution is 2.68. The molecule has 2 rings (SSSR count). The van der Waals surface area contributed by atoms with E-state index >= 15 is 0 Å². The minimum absolute atomic E-state index is 0.274. The van der Waals surface area contributed by atoms with Crippen LogP contribution in [0.2, 0.25) is 0 Å². The Labute approximate surface area is 85.7 Å². The first-order chi connectivity index (χ1) is 6.38. The summed E-state index contributed by atoms with van der Waals surface area (Å²) < 4.78 is 0. The van der Waals surface area contributed by atoms with Crippen molar-refractivity contribution in [1.82, 2.24) is 0 Å². The van der Waals surface area contributed by atoms with Crippen LogP contribution in [0.25, 0.3) is 0 Å². The van der Waals surface area contributed by atoms with Crippen LogP contribution in [-0.4, -0.2) is 11.1 Å². The molecule has 2 bridgehead atoms. The van der Waals surface area contributed by atoms with Crippen molar-refractivity contribution in [2.75, 3.05) is 0 Å². The second-order valence-corrected chi connectivity index (χ2v) is 5.91. The molecule has 0 heterocycles. The summed E-state index contributed by atoms with van der Waals surface area (Å²) >= 11 is 0. The van der Waals surface area contributed by atoms with Crippen molar-refractivity contribution in [3.63, 3.8) is 0 Å². The van der Waals surface area contributed by atoms with Crippen molar-refractivity contribution in [1.29, 1.82) is 0 Å². The minimum atomic E-state index is -0.625. The molecule has 2 aliphatic rings. The highest BCUT2D eigenvalue weighted by Gasteiger charge is 2.61. The summed E-state index contributed by atoms with van der Waals surface area (Å²) in [4.78, 5) is 10.8. The topological polar surface area (TPSA) is 37.3 Å². The van der Waals surface area contributed by atoms with Crippen LogP contribution >= 0.6 is 0 Å². The lowest BCUT2D eigenvalue weighted by molar-refractivity contribution is -0.139. The van der Waals surface area contributed by atoms with Crippen molar-refractivity contribution in [3.8, 4) is 0 Å². The van der Waals surface area contributed by atoms with E-state index in [0.717, 1.165) is 12.3 Å². The fourth-order valence-electron chi connectivity index (χ4n) is 3.89. The van der Waals surface area contributed by atoms with Gasteiger partial charge in [-0.2, -0.15) is 0 Å². The van der Waals surface area contributed by atoms with Crippen molar-refractivity contribution in [2.45, 2.75) is 46.5 Å². The Bertz CT molecular complexity index is 269. The monoisotopic (exact) mass is 196 g/mol. The predicted octanol–water partition coefficient (Wildman–Crippen LogP) is 2.92. The van der Waals surface area contributed by atoms with Gasteiger partial charge in [0.25, 0.3) is 0 Å². The molecule has 2 heteroatoms. The van der Waals surface area contributed by atoms with Crippen LogP contribution < -0.4 is 0 Å². The van der Waals surface area contributed by atoms with Gasteiger partial charge >= 0.3 is 5.97 Å². The third-order valence-corrected chi connectivity index (χ3v) is 5.40. The lowest BCUT2D eigenvalue weighted by Crippen LogP contribution is -2.33. The average Bonchev–Trinajstić information content (AvgIpc) is 2.35. The zero-order valence-electron chi connectivity index (χ0n) is 9.34. The van der Waals surface area contributed by atoms with E-state index in [0.29, 0.717) is 17.8 Å². The smallest absolute Gasteiger partial charge is 0.303 e. The molecular weight excluding hydrogens is 176 g/mol. The van der Waals surface area contributed by atoms with Crippen LogP contribution in [0.3, 0.4) is 0 Å². The van der Waals surface area contributed by atoms with Crippen LogP contribution in [-0.2, 0) is 4.79 Å². The van der Waals surface area contributed by atoms with Gasteiger partial charge in [0.15, 0.2) is 0 Å². The van der Waals surface area contributed by atoms with Crippen molar-refractivity contribution in [3.05, 3.63) is 0 Å². The summed E-state index contributed by atoms with van der Waals surface area (Å²) in [6.45, 7) is 6.95. The fourth-order valence-corrected chi connectivity index (χ4v) is 3.89. The molecule has 0 aromatic heterocycles. The molecule has 0 aromatic carbocycles. The molecule has 0 unspecified atom stereocenters. The van der Waals surface area contributed by atoms with Gasteiger partial charge in [-0.05, 0) is 41.9 Å². The summed E-state index contributed by atoms with van der Waals surface area (Å²) in [6, 6.07) is 0. The van der Waals surface area contributed by atoms with E-state index in [4.69, 9.17) is 5.11 Å². The van der Waals surface area contributed by atoms with Crippen molar-refractivity contribution < 1.29 is 9.90 Å². The van der Waals surface area contributed by atoms with Crippen molar-refractivity contribution >= 4 is 5.97 Å². The molecule has 0 radical (unpaired) electrons. The van der Waals surface area contributed by atoms with Crippen LogP contribution in [0.15, 0.2) is 0 Å². The summed E-state index contributed by atoms with van der Waals surface area (Å²) in [6.07, 6.45) is 4.04. The molecule has 0 saturated heterocycles. The van der Waals surface area contributed by atoms with Gasteiger partial charge in [0.1, 0.15) is 0 Å². The molecule has 0 aromatic rings. The molecule has 2 saturated carbocycles. The van der Waals surface area contributed by atoms with Gasteiger partial charge in [-0.3, -0.25) is 4.79 Å². The van der Waals surface area contributed by atoms with Gasteiger partial charge in [0.05, 0.1) is 0 Å². The number of aliphatic carboxylic acids is 1. The number of rotatable bonds is 2. The Morgan fingerprint density at radius 2 is 2.07 bits per heavy atom. The van der Waals surface area contributed by atoms with E-state index in [9.17, 15) is 4.79 Å². The molecule has 0 spiro atoms. The third kappa shape index (κ3) is 1.06. The highest BCUT2D eigenvalue weighted by molar-refractivity contribution is 5.67. The molecule has 14 heavy (non-hydrogen) atoms. The van der Waals surface area contributed by atoms with Crippen molar-refractivity contribution in [2.24, 2.45) is 22.7 Å². The zero-order valence-corrected chi connectivity index (χ0v) is 9.34. The number of fused-ring (bicyclic) bond motifs is 2. The molecule has 2 nitrogen and oxygen atoms in total. The minimum Gasteiger partial charge on any atom is -0.481 e. The lowest BCUT2D eigenvalue weighted by atomic mass is 9.66. The Balaban J connectivity index is 2.23. The van der Waals surface area contributed by atoms with E-state index in [-0.39, 0.29) is 5.41 Å². The molecule has 0 aliphatic heterocycles. The summed E-state index contributed by atoms with van der Waals surface area (Å²) in [5, 5.41) is 8.89. The van der Waals surface area contributed by atoms with Gasteiger partial charge in [-0.25, -0.2) is 0 Å². The molecule has 1 N–H and O–H groups in total. The maximum absolute atomic E-state index is 10.8. The molecule has 2 aliphatic carbocycles. The molecule has 80 valence electrons. The van der Waals surface area contributed by atoms with E-state index in [1.165, 1.54) is 12.8 Å².